The summed E-state index contributed by atoms with van der Waals surface area (Å²) in [6.45, 7) is 3.33. The summed E-state index contributed by atoms with van der Waals surface area (Å²) < 4.78 is 11.6. The first-order valence-corrected chi connectivity index (χ1v) is 11.6. The Morgan fingerprint density at radius 1 is 1.26 bits per heavy atom. The maximum Gasteiger partial charge on any atom is 0.310 e. The van der Waals surface area contributed by atoms with Gasteiger partial charge in [-0.1, -0.05) is 12.1 Å². The number of para-hydroxylation sites is 1. The SMILES string of the molecule is CCOC(=O)[C@H]1CCCN(C(=O)[C@H]2C[C@@H]3CC[C@@H]2C[C@@]32NC(=O)c3ccccc3O2)C1. The number of esters is 1. The molecular weight excluding hydrogens is 396 g/mol. The Morgan fingerprint density at radius 3 is 2.87 bits per heavy atom. The van der Waals surface area contributed by atoms with Gasteiger partial charge in [0.05, 0.1) is 18.1 Å². The Morgan fingerprint density at radius 2 is 2.10 bits per heavy atom. The lowest BCUT2D eigenvalue weighted by Gasteiger charge is -2.55. The molecule has 7 heteroatoms. The van der Waals surface area contributed by atoms with Crippen molar-refractivity contribution in [3.05, 3.63) is 29.8 Å². The number of fused-ring (bicyclic) bond motifs is 3. The highest BCUT2D eigenvalue weighted by Gasteiger charge is 2.57. The normalized spacial score (nSPS) is 34.0. The van der Waals surface area contributed by atoms with E-state index in [1.54, 1.807) is 6.07 Å². The first kappa shape index (κ1) is 20.3. The van der Waals surface area contributed by atoms with Crippen molar-refractivity contribution in [3.8, 4) is 5.75 Å². The van der Waals surface area contributed by atoms with E-state index in [9.17, 15) is 14.4 Å². The second-order valence-electron chi connectivity index (χ2n) is 9.40. The van der Waals surface area contributed by atoms with Gasteiger partial charge in [-0.3, -0.25) is 14.4 Å². The topological polar surface area (TPSA) is 84.9 Å². The molecule has 1 aromatic carbocycles. The van der Waals surface area contributed by atoms with Crippen molar-refractivity contribution >= 4 is 17.8 Å². The summed E-state index contributed by atoms with van der Waals surface area (Å²) in [7, 11) is 0. The standard InChI is InChI=1S/C24H30N2O5/c1-2-30-23(29)16-6-5-11-26(14-16)22(28)19-12-17-10-9-15(19)13-24(17)25-21(27)18-7-3-4-8-20(18)31-24/h3-4,7-8,15-17,19H,2,5-6,9-14H2,1H3,(H,25,27)/t15-,16+,17+,19+,24+/m1/s1. The van der Waals surface area contributed by atoms with Crippen molar-refractivity contribution in [1.82, 2.24) is 10.2 Å². The van der Waals surface area contributed by atoms with E-state index in [-0.39, 0.29) is 41.5 Å². The molecule has 1 aromatic rings. The lowest BCUT2D eigenvalue weighted by molar-refractivity contribution is -0.159. The monoisotopic (exact) mass is 426 g/mol. The molecule has 5 aliphatic rings. The number of carbonyl (C=O) groups is 3. The average Bonchev–Trinajstić information content (AvgIpc) is 2.79. The van der Waals surface area contributed by atoms with Crippen molar-refractivity contribution < 1.29 is 23.9 Å². The molecule has 0 unspecified atom stereocenters. The van der Waals surface area contributed by atoms with Gasteiger partial charge in [-0.15, -0.1) is 0 Å². The number of nitrogens with zero attached hydrogens (tertiary/aromatic N) is 1. The lowest BCUT2D eigenvalue weighted by Crippen LogP contribution is -2.67. The van der Waals surface area contributed by atoms with E-state index in [4.69, 9.17) is 9.47 Å². The molecule has 1 saturated heterocycles. The van der Waals surface area contributed by atoms with Crippen LogP contribution in [0, 0.1) is 23.7 Å². The number of carbonyl (C=O) groups excluding carboxylic acids is 3. The van der Waals surface area contributed by atoms with E-state index >= 15 is 0 Å². The molecule has 4 fully saturated rings. The number of hydrogen-bond donors (Lipinski definition) is 1. The summed E-state index contributed by atoms with van der Waals surface area (Å²) in [5.74, 6) is 0.494. The van der Waals surface area contributed by atoms with Crippen LogP contribution in [0.5, 0.6) is 5.75 Å². The minimum Gasteiger partial charge on any atom is -0.467 e. The van der Waals surface area contributed by atoms with E-state index in [0.29, 0.717) is 43.9 Å². The third-order valence-corrected chi connectivity index (χ3v) is 7.64. The van der Waals surface area contributed by atoms with Crippen molar-refractivity contribution in [2.45, 2.75) is 51.2 Å². The second kappa shape index (κ2) is 7.84. The maximum absolute atomic E-state index is 13.4. The van der Waals surface area contributed by atoms with Crippen molar-refractivity contribution in [2.24, 2.45) is 23.7 Å². The third kappa shape index (κ3) is 3.48. The Kier molecular flexibility index (Phi) is 5.15. The summed E-state index contributed by atoms with van der Waals surface area (Å²) in [6, 6.07) is 7.35. The highest BCUT2D eigenvalue weighted by atomic mass is 16.5. The van der Waals surface area contributed by atoms with Gasteiger partial charge < -0.3 is 19.7 Å². The molecule has 1 N–H and O–H groups in total. The Hall–Kier alpha value is -2.57. The molecule has 3 saturated carbocycles. The van der Waals surface area contributed by atoms with E-state index in [2.05, 4.69) is 5.32 Å². The van der Waals surface area contributed by atoms with Crippen LogP contribution in [0.1, 0.15) is 55.8 Å². The summed E-state index contributed by atoms with van der Waals surface area (Å²) in [4.78, 5) is 40.3. The van der Waals surface area contributed by atoms with Crippen LogP contribution >= 0.6 is 0 Å². The zero-order valence-corrected chi connectivity index (χ0v) is 18.0. The lowest BCUT2D eigenvalue weighted by atomic mass is 9.59. The number of likely N-dealkylation sites (tertiary alicyclic amines) is 1. The summed E-state index contributed by atoms with van der Waals surface area (Å²) in [5, 5.41) is 3.15. The highest BCUT2D eigenvalue weighted by molar-refractivity contribution is 5.98. The summed E-state index contributed by atoms with van der Waals surface area (Å²) in [6.07, 6.45) is 4.90. The Bertz CT molecular complexity index is 902. The van der Waals surface area contributed by atoms with Crippen LogP contribution < -0.4 is 10.1 Å². The van der Waals surface area contributed by atoms with E-state index in [1.165, 1.54) is 0 Å². The van der Waals surface area contributed by atoms with Gasteiger partial charge in [0.1, 0.15) is 5.75 Å². The summed E-state index contributed by atoms with van der Waals surface area (Å²) in [5.41, 5.74) is -0.138. The zero-order valence-electron chi connectivity index (χ0n) is 18.0. The predicted molar refractivity (Wildman–Crippen MR) is 112 cm³/mol. The predicted octanol–water partition coefficient (Wildman–Crippen LogP) is 2.74. The molecule has 5 atom stereocenters. The smallest absolute Gasteiger partial charge is 0.310 e. The molecule has 0 radical (unpaired) electrons. The zero-order chi connectivity index (χ0) is 21.6. The maximum atomic E-state index is 13.4. The highest BCUT2D eigenvalue weighted by Crippen LogP contribution is 2.53. The fourth-order valence-electron chi connectivity index (χ4n) is 6.13. The van der Waals surface area contributed by atoms with E-state index in [0.717, 1.165) is 25.7 Å². The molecule has 2 amide bonds. The average molecular weight is 427 g/mol. The number of ether oxygens (including phenoxy) is 2. The molecular formula is C24H30N2O5. The van der Waals surface area contributed by atoms with E-state index < -0.39 is 5.72 Å². The van der Waals surface area contributed by atoms with Gasteiger partial charge in [0.15, 0.2) is 5.72 Å². The number of piperidine rings is 1. The second-order valence-corrected chi connectivity index (χ2v) is 9.40. The van der Waals surface area contributed by atoms with Crippen LogP contribution in [0.2, 0.25) is 0 Å². The molecule has 3 aliphatic carbocycles. The van der Waals surface area contributed by atoms with Crippen LogP contribution in [0.4, 0.5) is 0 Å². The van der Waals surface area contributed by atoms with Gasteiger partial charge in [-0.05, 0) is 57.1 Å². The van der Waals surface area contributed by atoms with Gasteiger partial charge in [-0.2, -0.15) is 0 Å². The molecule has 166 valence electrons. The van der Waals surface area contributed by atoms with E-state index in [1.807, 2.05) is 30.0 Å². The van der Waals surface area contributed by atoms with Crippen molar-refractivity contribution in [3.63, 3.8) is 0 Å². The van der Waals surface area contributed by atoms with Gasteiger partial charge in [0.25, 0.3) is 5.91 Å². The van der Waals surface area contributed by atoms with Crippen LogP contribution in [-0.4, -0.2) is 48.1 Å². The van der Waals surface area contributed by atoms with Crippen LogP contribution in [0.25, 0.3) is 0 Å². The number of hydrogen-bond acceptors (Lipinski definition) is 5. The van der Waals surface area contributed by atoms with Crippen LogP contribution in [-0.2, 0) is 14.3 Å². The quantitative estimate of drug-likeness (QED) is 0.752. The fourth-order valence-corrected chi connectivity index (χ4v) is 6.13. The van der Waals surface area contributed by atoms with Gasteiger partial charge in [-0.25, -0.2) is 0 Å². The van der Waals surface area contributed by atoms with Crippen molar-refractivity contribution in [1.29, 1.82) is 0 Å². The number of amides is 2. The molecule has 0 aromatic heterocycles. The van der Waals surface area contributed by atoms with Crippen molar-refractivity contribution in [2.75, 3.05) is 19.7 Å². The molecule has 2 bridgehead atoms. The largest absolute Gasteiger partial charge is 0.467 e. The molecule has 2 heterocycles. The molecule has 7 nitrogen and oxygen atoms in total. The minimum atomic E-state index is -0.708. The Balaban J connectivity index is 1.30. The van der Waals surface area contributed by atoms with Gasteiger partial charge in [0, 0.05) is 31.3 Å². The van der Waals surface area contributed by atoms with Gasteiger partial charge in [0.2, 0.25) is 5.91 Å². The van der Waals surface area contributed by atoms with Crippen LogP contribution in [0.3, 0.4) is 0 Å². The third-order valence-electron chi connectivity index (χ3n) is 7.64. The number of benzene rings is 1. The molecule has 2 aliphatic heterocycles. The Labute approximate surface area is 182 Å². The molecule has 1 spiro atoms. The molecule has 31 heavy (non-hydrogen) atoms. The fraction of sp³-hybridized carbons (Fsp3) is 0.625. The van der Waals surface area contributed by atoms with Gasteiger partial charge >= 0.3 is 5.97 Å². The first-order chi connectivity index (χ1) is 15.0. The number of nitrogens with one attached hydrogen (secondary N) is 1. The molecule has 6 rings (SSSR count). The minimum absolute atomic E-state index is 0.0667. The van der Waals surface area contributed by atoms with Crippen LogP contribution in [0.15, 0.2) is 24.3 Å². The summed E-state index contributed by atoms with van der Waals surface area (Å²) >= 11 is 0. The first-order valence-electron chi connectivity index (χ1n) is 11.6. The number of rotatable bonds is 3.